The lowest BCUT2D eigenvalue weighted by molar-refractivity contribution is -0.144. The van der Waals surface area contributed by atoms with Crippen molar-refractivity contribution in [3.8, 4) is 11.1 Å². The second-order valence-corrected chi connectivity index (χ2v) is 7.65. The average Bonchev–Trinajstić information content (AvgIpc) is 3.33. The lowest BCUT2D eigenvalue weighted by atomic mass is 9.98. The molecule has 0 aromatic heterocycles. The van der Waals surface area contributed by atoms with Crippen molar-refractivity contribution in [2.45, 2.75) is 37.6 Å². The van der Waals surface area contributed by atoms with E-state index in [-0.39, 0.29) is 25.0 Å². The Hall–Kier alpha value is -2.66. The molecule has 4 rings (SSSR count). The molecule has 28 heavy (non-hydrogen) atoms. The SMILES string of the molecule is O=C(CN[C@H](C(=O)O)C1CCCC1)OCC1c2ccccc2-c2ccccc21. The fourth-order valence-corrected chi connectivity index (χ4v) is 4.61. The molecule has 2 aliphatic rings. The molecule has 0 radical (unpaired) electrons. The lowest BCUT2D eigenvalue weighted by Gasteiger charge is -2.20. The molecule has 0 amide bonds. The molecule has 1 fully saturated rings. The Morgan fingerprint density at radius 2 is 1.57 bits per heavy atom. The maximum atomic E-state index is 12.3. The van der Waals surface area contributed by atoms with Gasteiger partial charge in [0.1, 0.15) is 12.6 Å². The smallest absolute Gasteiger partial charge is 0.320 e. The van der Waals surface area contributed by atoms with Crippen LogP contribution in [0, 0.1) is 5.92 Å². The van der Waals surface area contributed by atoms with Crippen molar-refractivity contribution in [3.63, 3.8) is 0 Å². The van der Waals surface area contributed by atoms with Crippen molar-refractivity contribution in [2.75, 3.05) is 13.2 Å². The van der Waals surface area contributed by atoms with E-state index in [9.17, 15) is 14.7 Å². The standard InChI is InChI=1S/C23H25NO4/c25-21(13-24-22(23(26)27)15-7-1-2-8-15)28-14-20-18-11-5-3-9-16(18)17-10-4-6-12-19(17)20/h3-6,9-12,15,20,22,24H,1-2,7-8,13-14H2,(H,26,27)/t22-/m0/s1. The summed E-state index contributed by atoms with van der Waals surface area (Å²) in [5, 5.41) is 12.4. The molecule has 5 heteroatoms. The normalized spacial score (nSPS) is 17.1. The number of carbonyl (C=O) groups excluding carboxylic acids is 1. The highest BCUT2D eigenvalue weighted by atomic mass is 16.5. The second-order valence-electron chi connectivity index (χ2n) is 7.65. The monoisotopic (exact) mass is 379 g/mol. The second kappa shape index (κ2) is 8.15. The summed E-state index contributed by atoms with van der Waals surface area (Å²) in [5.41, 5.74) is 4.70. The van der Waals surface area contributed by atoms with E-state index in [2.05, 4.69) is 29.6 Å². The summed E-state index contributed by atoms with van der Waals surface area (Å²) < 4.78 is 5.54. The van der Waals surface area contributed by atoms with E-state index in [1.165, 1.54) is 22.3 Å². The van der Waals surface area contributed by atoms with Crippen molar-refractivity contribution in [3.05, 3.63) is 59.7 Å². The largest absolute Gasteiger partial charge is 0.480 e. The summed E-state index contributed by atoms with van der Waals surface area (Å²) in [6.45, 7) is 0.180. The first-order valence-corrected chi connectivity index (χ1v) is 9.95. The molecule has 146 valence electrons. The zero-order valence-corrected chi connectivity index (χ0v) is 15.8. The molecule has 0 bridgehead atoms. The molecule has 2 aromatic carbocycles. The molecule has 5 nitrogen and oxygen atoms in total. The van der Waals surface area contributed by atoms with E-state index < -0.39 is 18.0 Å². The molecule has 2 aromatic rings. The fourth-order valence-electron chi connectivity index (χ4n) is 4.61. The Morgan fingerprint density at radius 1 is 1.00 bits per heavy atom. The number of aliphatic carboxylic acids is 1. The third kappa shape index (κ3) is 3.67. The van der Waals surface area contributed by atoms with E-state index in [4.69, 9.17) is 4.74 Å². The number of ether oxygens (including phenoxy) is 1. The van der Waals surface area contributed by atoms with Crippen molar-refractivity contribution >= 4 is 11.9 Å². The van der Waals surface area contributed by atoms with Gasteiger partial charge in [0.25, 0.3) is 0 Å². The van der Waals surface area contributed by atoms with Crippen LogP contribution in [-0.2, 0) is 14.3 Å². The predicted octanol–water partition coefficient (Wildman–Crippen LogP) is 3.58. The molecule has 0 aliphatic heterocycles. The number of nitrogens with one attached hydrogen (secondary N) is 1. The van der Waals surface area contributed by atoms with Gasteiger partial charge in [0.15, 0.2) is 0 Å². The van der Waals surface area contributed by atoms with Gasteiger partial charge in [-0.25, -0.2) is 0 Å². The van der Waals surface area contributed by atoms with Gasteiger partial charge in [-0.2, -0.15) is 0 Å². The van der Waals surface area contributed by atoms with Crippen molar-refractivity contribution < 1.29 is 19.4 Å². The minimum absolute atomic E-state index is 0.0152. The van der Waals surface area contributed by atoms with Crippen molar-refractivity contribution in [1.29, 1.82) is 0 Å². The summed E-state index contributed by atoms with van der Waals surface area (Å²) in [5.74, 6) is -1.19. The Labute approximate surface area is 164 Å². The molecule has 0 saturated heterocycles. The minimum atomic E-state index is -0.890. The van der Waals surface area contributed by atoms with E-state index in [1.54, 1.807) is 0 Å². The number of hydrogen-bond acceptors (Lipinski definition) is 4. The highest BCUT2D eigenvalue weighted by Gasteiger charge is 2.31. The number of hydrogen-bond donors (Lipinski definition) is 2. The van der Waals surface area contributed by atoms with Gasteiger partial charge in [0.2, 0.25) is 0 Å². The van der Waals surface area contributed by atoms with Crippen LogP contribution in [-0.4, -0.2) is 36.2 Å². The van der Waals surface area contributed by atoms with Gasteiger partial charge in [-0.3, -0.25) is 14.9 Å². The summed E-state index contributed by atoms with van der Waals surface area (Å²) in [6, 6.07) is 15.7. The Morgan fingerprint density at radius 3 is 2.14 bits per heavy atom. The number of carbonyl (C=O) groups is 2. The van der Waals surface area contributed by atoms with Crippen molar-refractivity contribution in [2.24, 2.45) is 5.92 Å². The third-order valence-electron chi connectivity index (χ3n) is 5.98. The first kappa shape index (κ1) is 18.7. The zero-order chi connectivity index (χ0) is 19.5. The zero-order valence-electron chi connectivity index (χ0n) is 15.8. The van der Waals surface area contributed by atoms with Gasteiger partial charge in [0.05, 0.1) is 6.54 Å². The number of esters is 1. The van der Waals surface area contributed by atoms with Gasteiger partial charge < -0.3 is 9.84 Å². The highest BCUT2D eigenvalue weighted by Crippen LogP contribution is 2.44. The van der Waals surface area contributed by atoms with Crippen LogP contribution in [0.4, 0.5) is 0 Å². The predicted molar refractivity (Wildman–Crippen MR) is 106 cm³/mol. The molecule has 2 N–H and O–H groups in total. The Bertz CT molecular complexity index is 827. The summed E-state index contributed by atoms with van der Waals surface area (Å²) in [4.78, 5) is 23.8. The molecular formula is C23H25NO4. The summed E-state index contributed by atoms with van der Waals surface area (Å²) >= 11 is 0. The van der Waals surface area contributed by atoms with E-state index >= 15 is 0 Å². The highest BCUT2D eigenvalue weighted by molar-refractivity contribution is 5.79. The lowest BCUT2D eigenvalue weighted by Crippen LogP contribution is -2.44. The summed E-state index contributed by atoms with van der Waals surface area (Å²) in [6.07, 6.45) is 3.91. The first-order valence-electron chi connectivity index (χ1n) is 9.95. The Balaban J connectivity index is 1.38. The van der Waals surface area contributed by atoms with Crippen LogP contribution in [0.3, 0.4) is 0 Å². The van der Waals surface area contributed by atoms with Crippen LogP contribution in [0.25, 0.3) is 11.1 Å². The topological polar surface area (TPSA) is 75.6 Å². The minimum Gasteiger partial charge on any atom is -0.480 e. The quantitative estimate of drug-likeness (QED) is 0.719. The number of carboxylic acids is 1. The number of rotatable bonds is 7. The molecule has 1 saturated carbocycles. The van der Waals surface area contributed by atoms with Crippen LogP contribution in [0.2, 0.25) is 0 Å². The number of carboxylic acid groups (broad SMARTS) is 1. The van der Waals surface area contributed by atoms with Crippen LogP contribution >= 0.6 is 0 Å². The van der Waals surface area contributed by atoms with Gasteiger partial charge in [0, 0.05) is 5.92 Å². The van der Waals surface area contributed by atoms with Crippen LogP contribution in [0.15, 0.2) is 48.5 Å². The maximum absolute atomic E-state index is 12.3. The summed E-state index contributed by atoms with van der Waals surface area (Å²) in [7, 11) is 0. The first-order chi connectivity index (χ1) is 13.6. The number of fused-ring (bicyclic) bond motifs is 3. The van der Waals surface area contributed by atoms with E-state index in [0.29, 0.717) is 0 Å². The molecule has 2 aliphatic carbocycles. The van der Waals surface area contributed by atoms with Gasteiger partial charge in [-0.05, 0) is 41.0 Å². The molecular weight excluding hydrogens is 354 g/mol. The van der Waals surface area contributed by atoms with Crippen molar-refractivity contribution in [1.82, 2.24) is 5.32 Å². The van der Waals surface area contributed by atoms with Crippen LogP contribution < -0.4 is 5.32 Å². The third-order valence-corrected chi connectivity index (χ3v) is 5.98. The number of benzene rings is 2. The maximum Gasteiger partial charge on any atom is 0.320 e. The average molecular weight is 379 g/mol. The van der Waals surface area contributed by atoms with Gasteiger partial charge in [-0.15, -0.1) is 0 Å². The van der Waals surface area contributed by atoms with E-state index in [1.807, 2.05) is 24.3 Å². The fraction of sp³-hybridized carbons (Fsp3) is 0.391. The molecule has 0 unspecified atom stereocenters. The Kier molecular flexibility index (Phi) is 5.44. The molecule has 0 spiro atoms. The van der Waals surface area contributed by atoms with Gasteiger partial charge in [-0.1, -0.05) is 61.4 Å². The van der Waals surface area contributed by atoms with Gasteiger partial charge >= 0.3 is 11.9 Å². The molecule has 0 heterocycles. The van der Waals surface area contributed by atoms with E-state index in [0.717, 1.165) is 25.7 Å². The molecule has 1 atom stereocenters. The van der Waals surface area contributed by atoms with Crippen LogP contribution in [0.1, 0.15) is 42.7 Å². The van der Waals surface area contributed by atoms with Crippen LogP contribution in [0.5, 0.6) is 0 Å².